The van der Waals surface area contributed by atoms with E-state index in [1.807, 2.05) is 18.2 Å². The summed E-state index contributed by atoms with van der Waals surface area (Å²) in [6, 6.07) is 5.51. The van der Waals surface area contributed by atoms with Gasteiger partial charge in [0.15, 0.2) is 0 Å². The van der Waals surface area contributed by atoms with Gasteiger partial charge in [-0.2, -0.15) is 0 Å². The number of hydrogen-bond donors (Lipinski definition) is 2. The van der Waals surface area contributed by atoms with Crippen LogP contribution in [-0.2, 0) is 0 Å². The van der Waals surface area contributed by atoms with Crippen LogP contribution < -0.4 is 9.47 Å². The summed E-state index contributed by atoms with van der Waals surface area (Å²) < 4.78 is 10.9. The predicted octanol–water partition coefficient (Wildman–Crippen LogP) is 1.65. The van der Waals surface area contributed by atoms with E-state index in [0.29, 0.717) is 19.0 Å². The van der Waals surface area contributed by atoms with Gasteiger partial charge in [-0.3, -0.25) is 0 Å². The third kappa shape index (κ3) is 3.11. The van der Waals surface area contributed by atoms with E-state index in [-0.39, 0.29) is 6.61 Å². The Morgan fingerprint density at radius 3 is 3.00 bits per heavy atom. The van der Waals surface area contributed by atoms with Crippen LogP contribution in [0, 0.1) is 0 Å². The number of ether oxygens (including phenoxy) is 2. The molecule has 0 aliphatic carbocycles. The normalized spacial score (nSPS) is 17.6. The lowest BCUT2D eigenvalue weighted by Gasteiger charge is -2.07. The topological polar surface area (TPSA) is 58.9 Å². The van der Waals surface area contributed by atoms with Crippen molar-refractivity contribution in [3.05, 3.63) is 23.8 Å². The second-order valence-corrected chi connectivity index (χ2v) is 4.16. The molecule has 1 unspecified atom stereocenters. The van der Waals surface area contributed by atoms with E-state index >= 15 is 0 Å². The van der Waals surface area contributed by atoms with Crippen LogP contribution in [0.25, 0.3) is 0 Å². The number of aliphatic hydroxyl groups excluding tert-OH is 2. The molecule has 1 atom stereocenters. The molecule has 1 heterocycles. The van der Waals surface area contributed by atoms with E-state index in [4.69, 9.17) is 14.6 Å². The van der Waals surface area contributed by atoms with Gasteiger partial charge in [-0.15, -0.1) is 0 Å². The summed E-state index contributed by atoms with van der Waals surface area (Å²) >= 11 is 0. The molecule has 0 spiro atoms. The minimum Gasteiger partial charge on any atom is -0.493 e. The number of hydrogen-bond acceptors (Lipinski definition) is 4. The highest BCUT2D eigenvalue weighted by molar-refractivity contribution is 5.44. The first kappa shape index (κ1) is 12.2. The molecule has 1 aromatic rings. The average molecular weight is 238 g/mol. The van der Waals surface area contributed by atoms with Gasteiger partial charge < -0.3 is 19.7 Å². The van der Waals surface area contributed by atoms with Crippen molar-refractivity contribution in [3.63, 3.8) is 0 Å². The molecule has 1 aromatic carbocycles. The Balaban J connectivity index is 1.82. The van der Waals surface area contributed by atoms with Gasteiger partial charge in [-0.1, -0.05) is 0 Å². The molecule has 0 fully saturated rings. The highest BCUT2D eigenvalue weighted by atomic mass is 16.5. The van der Waals surface area contributed by atoms with Gasteiger partial charge in [0.2, 0.25) is 0 Å². The van der Waals surface area contributed by atoms with E-state index in [9.17, 15) is 5.11 Å². The Labute approximate surface area is 101 Å². The molecule has 4 nitrogen and oxygen atoms in total. The van der Waals surface area contributed by atoms with E-state index < -0.39 is 6.10 Å². The molecule has 4 heteroatoms. The van der Waals surface area contributed by atoms with E-state index in [2.05, 4.69) is 0 Å². The summed E-state index contributed by atoms with van der Waals surface area (Å²) in [7, 11) is 0. The first-order valence-corrected chi connectivity index (χ1v) is 5.99. The Morgan fingerprint density at radius 1 is 1.29 bits per heavy atom. The van der Waals surface area contributed by atoms with Gasteiger partial charge >= 0.3 is 0 Å². The SMILES string of the molecule is OCCCCCOc1ccc2c(c1)OCC2O. The van der Waals surface area contributed by atoms with Gasteiger partial charge in [0, 0.05) is 18.2 Å². The third-order valence-electron chi connectivity index (χ3n) is 2.81. The highest BCUT2D eigenvalue weighted by Gasteiger charge is 2.21. The number of fused-ring (bicyclic) bond motifs is 1. The van der Waals surface area contributed by atoms with Crippen molar-refractivity contribution >= 4 is 0 Å². The monoisotopic (exact) mass is 238 g/mol. The van der Waals surface area contributed by atoms with Crippen LogP contribution in [0.5, 0.6) is 11.5 Å². The summed E-state index contributed by atoms with van der Waals surface area (Å²) in [6.45, 7) is 1.21. The Kier molecular flexibility index (Phi) is 4.23. The van der Waals surface area contributed by atoms with Crippen LogP contribution in [0.2, 0.25) is 0 Å². The Morgan fingerprint density at radius 2 is 2.18 bits per heavy atom. The molecule has 0 bridgehead atoms. The molecular weight excluding hydrogens is 220 g/mol. The maximum absolute atomic E-state index is 9.56. The lowest BCUT2D eigenvalue weighted by Crippen LogP contribution is -1.98. The van der Waals surface area contributed by atoms with Gasteiger partial charge in [0.05, 0.1) is 6.61 Å². The number of aliphatic hydroxyl groups is 2. The van der Waals surface area contributed by atoms with Crippen molar-refractivity contribution in [1.82, 2.24) is 0 Å². The van der Waals surface area contributed by atoms with Crippen molar-refractivity contribution < 1.29 is 19.7 Å². The van der Waals surface area contributed by atoms with Crippen LogP contribution in [-0.4, -0.2) is 30.0 Å². The summed E-state index contributed by atoms with van der Waals surface area (Å²) in [5.41, 5.74) is 0.831. The van der Waals surface area contributed by atoms with Crippen molar-refractivity contribution in [2.45, 2.75) is 25.4 Å². The standard InChI is InChI=1S/C13H18O4/c14-6-2-1-3-7-16-10-4-5-11-12(15)9-17-13(11)8-10/h4-5,8,12,14-15H,1-3,6-7,9H2. The van der Waals surface area contributed by atoms with Crippen molar-refractivity contribution in [3.8, 4) is 11.5 Å². The smallest absolute Gasteiger partial charge is 0.129 e. The van der Waals surface area contributed by atoms with E-state index in [1.165, 1.54) is 0 Å². The van der Waals surface area contributed by atoms with Crippen molar-refractivity contribution in [2.24, 2.45) is 0 Å². The van der Waals surface area contributed by atoms with E-state index in [0.717, 1.165) is 30.6 Å². The fraction of sp³-hybridized carbons (Fsp3) is 0.538. The van der Waals surface area contributed by atoms with Crippen LogP contribution in [0.15, 0.2) is 18.2 Å². The van der Waals surface area contributed by atoms with Crippen LogP contribution in [0.3, 0.4) is 0 Å². The summed E-state index contributed by atoms with van der Waals surface area (Å²) in [6.07, 6.45) is 2.21. The first-order chi connectivity index (χ1) is 8.31. The number of rotatable bonds is 6. The van der Waals surface area contributed by atoms with E-state index in [1.54, 1.807) is 0 Å². The molecule has 0 saturated carbocycles. The highest BCUT2D eigenvalue weighted by Crippen LogP contribution is 2.34. The molecule has 0 aromatic heterocycles. The van der Waals surface area contributed by atoms with Crippen LogP contribution in [0.1, 0.15) is 30.9 Å². The van der Waals surface area contributed by atoms with Gasteiger partial charge in [-0.25, -0.2) is 0 Å². The number of benzene rings is 1. The maximum atomic E-state index is 9.56. The van der Waals surface area contributed by atoms with Gasteiger partial charge in [0.1, 0.15) is 24.2 Å². The second kappa shape index (κ2) is 5.89. The maximum Gasteiger partial charge on any atom is 0.129 e. The zero-order valence-electron chi connectivity index (χ0n) is 9.76. The van der Waals surface area contributed by atoms with Crippen LogP contribution in [0.4, 0.5) is 0 Å². The summed E-state index contributed by atoms with van der Waals surface area (Å²) in [5, 5.41) is 18.2. The fourth-order valence-electron chi connectivity index (χ4n) is 1.84. The van der Waals surface area contributed by atoms with Crippen LogP contribution >= 0.6 is 0 Å². The predicted molar refractivity (Wildman–Crippen MR) is 63.3 cm³/mol. The molecule has 94 valence electrons. The molecule has 0 radical (unpaired) electrons. The summed E-state index contributed by atoms with van der Waals surface area (Å²) in [4.78, 5) is 0. The zero-order chi connectivity index (χ0) is 12.1. The minimum atomic E-state index is -0.511. The Bertz CT molecular complexity index is 364. The van der Waals surface area contributed by atoms with Crippen molar-refractivity contribution in [1.29, 1.82) is 0 Å². The van der Waals surface area contributed by atoms with Gasteiger partial charge in [0.25, 0.3) is 0 Å². The van der Waals surface area contributed by atoms with Gasteiger partial charge in [-0.05, 0) is 31.4 Å². The molecule has 2 rings (SSSR count). The zero-order valence-corrected chi connectivity index (χ0v) is 9.76. The Hall–Kier alpha value is -1.26. The summed E-state index contributed by atoms with van der Waals surface area (Å²) in [5.74, 6) is 1.48. The second-order valence-electron chi connectivity index (χ2n) is 4.16. The first-order valence-electron chi connectivity index (χ1n) is 5.99. The van der Waals surface area contributed by atoms with Crippen molar-refractivity contribution in [2.75, 3.05) is 19.8 Å². The lowest BCUT2D eigenvalue weighted by molar-refractivity contribution is 0.140. The molecule has 0 amide bonds. The molecule has 1 aliphatic heterocycles. The molecule has 2 N–H and O–H groups in total. The molecule has 0 saturated heterocycles. The quantitative estimate of drug-likeness (QED) is 0.740. The largest absolute Gasteiger partial charge is 0.493 e. The third-order valence-corrected chi connectivity index (χ3v) is 2.81. The minimum absolute atomic E-state index is 0.241. The number of unbranched alkanes of at least 4 members (excludes halogenated alkanes) is 2. The molecule has 17 heavy (non-hydrogen) atoms. The molecule has 1 aliphatic rings. The fourth-order valence-corrected chi connectivity index (χ4v) is 1.84. The molecular formula is C13H18O4. The average Bonchev–Trinajstić information content (AvgIpc) is 2.71. The lowest BCUT2D eigenvalue weighted by atomic mass is 10.1.